The number of sulfonamides is 1. The fourth-order valence-corrected chi connectivity index (χ4v) is 5.94. The molecule has 0 aliphatic carbocycles. The molecule has 1 aliphatic rings. The summed E-state index contributed by atoms with van der Waals surface area (Å²) in [6, 6.07) is 3.41. The first kappa shape index (κ1) is 18.4. The van der Waals surface area contributed by atoms with Crippen molar-refractivity contribution in [2.24, 2.45) is 5.92 Å². The Balaban J connectivity index is 2.10. The van der Waals surface area contributed by atoms with Crippen LogP contribution in [0.2, 0.25) is 0 Å². The number of carbonyl (C=O) groups is 1. The third kappa shape index (κ3) is 4.33. The van der Waals surface area contributed by atoms with Crippen molar-refractivity contribution in [2.45, 2.75) is 56.7 Å². The van der Waals surface area contributed by atoms with Gasteiger partial charge in [0.1, 0.15) is 4.21 Å². The molecule has 23 heavy (non-hydrogen) atoms. The number of hydrogen-bond donors (Lipinski definition) is 1. The molecule has 2 heterocycles. The van der Waals surface area contributed by atoms with Crippen LogP contribution in [0.1, 0.15) is 44.4 Å². The minimum absolute atomic E-state index is 0.0205. The van der Waals surface area contributed by atoms with E-state index in [0.717, 1.165) is 30.6 Å². The first-order valence-electron chi connectivity index (χ1n) is 8.22. The number of hydrogen-bond acceptors (Lipinski definition) is 4. The first-order chi connectivity index (χ1) is 10.9. The second kappa shape index (κ2) is 7.77. The van der Waals surface area contributed by atoms with Gasteiger partial charge in [-0.25, -0.2) is 8.42 Å². The lowest BCUT2D eigenvalue weighted by Crippen LogP contribution is -2.49. The molecular formula is C16H26N2O3S2. The van der Waals surface area contributed by atoms with Crippen LogP contribution in [0.4, 0.5) is 0 Å². The van der Waals surface area contributed by atoms with Crippen LogP contribution in [0.3, 0.4) is 0 Å². The van der Waals surface area contributed by atoms with E-state index < -0.39 is 10.0 Å². The summed E-state index contributed by atoms with van der Waals surface area (Å²) in [6.45, 7) is 6.83. The number of piperidine rings is 1. The van der Waals surface area contributed by atoms with Crippen molar-refractivity contribution in [2.75, 3.05) is 13.1 Å². The van der Waals surface area contributed by atoms with E-state index in [0.29, 0.717) is 10.8 Å². The Labute approximate surface area is 143 Å². The summed E-state index contributed by atoms with van der Waals surface area (Å²) in [5.74, 6) is -0.271. The number of nitrogens with one attached hydrogen (secondary N) is 1. The van der Waals surface area contributed by atoms with Crippen molar-refractivity contribution >= 4 is 27.3 Å². The van der Waals surface area contributed by atoms with Gasteiger partial charge in [0.05, 0.1) is 5.92 Å². The molecular weight excluding hydrogens is 332 g/mol. The zero-order chi connectivity index (χ0) is 17.0. The Morgan fingerprint density at radius 3 is 2.74 bits per heavy atom. The highest BCUT2D eigenvalue weighted by molar-refractivity contribution is 7.91. The maximum atomic E-state index is 12.8. The van der Waals surface area contributed by atoms with Crippen LogP contribution in [-0.2, 0) is 14.8 Å². The third-order valence-corrected chi connectivity index (χ3v) is 7.75. The predicted molar refractivity (Wildman–Crippen MR) is 93.1 cm³/mol. The first-order valence-corrected chi connectivity index (χ1v) is 10.5. The average molecular weight is 359 g/mol. The number of aryl methyl sites for hydroxylation is 1. The molecule has 7 heteroatoms. The molecule has 0 aromatic carbocycles. The highest BCUT2D eigenvalue weighted by atomic mass is 32.2. The van der Waals surface area contributed by atoms with Crippen molar-refractivity contribution in [1.29, 1.82) is 0 Å². The fraction of sp³-hybridized carbons (Fsp3) is 0.688. The molecule has 1 fully saturated rings. The van der Waals surface area contributed by atoms with E-state index >= 15 is 0 Å². The zero-order valence-corrected chi connectivity index (χ0v) is 15.7. The van der Waals surface area contributed by atoms with Crippen LogP contribution in [0, 0.1) is 12.8 Å². The van der Waals surface area contributed by atoms with Crippen LogP contribution >= 0.6 is 11.3 Å². The number of thiophene rings is 1. The number of carbonyl (C=O) groups excluding carboxylic acids is 1. The van der Waals surface area contributed by atoms with Gasteiger partial charge >= 0.3 is 0 Å². The Morgan fingerprint density at radius 2 is 2.13 bits per heavy atom. The minimum Gasteiger partial charge on any atom is -0.356 e. The number of rotatable bonds is 6. The van der Waals surface area contributed by atoms with E-state index in [1.165, 1.54) is 15.6 Å². The summed E-state index contributed by atoms with van der Waals surface area (Å²) in [4.78, 5) is 13.2. The molecule has 0 saturated carbocycles. The molecule has 2 unspecified atom stereocenters. The highest BCUT2D eigenvalue weighted by Gasteiger charge is 2.37. The van der Waals surface area contributed by atoms with E-state index in [1.54, 1.807) is 6.07 Å². The molecule has 1 aliphatic heterocycles. The molecule has 1 N–H and O–H groups in total. The van der Waals surface area contributed by atoms with Gasteiger partial charge in [0.15, 0.2) is 0 Å². The molecule has 130 valence electrons. The van der Waals surface area contributed by atoms with Crippen molar-refractivity contribution in [1.82, 2.24) is 9.62 Å². The second-order valence-electron chi connectivity index (χ2n) is 6.21. The maximum Gasteiger partial charge on any atom is 0.252 e. The van der Waals surface area contributed by atoms with E-state index in [-0.39, 0.29) is 24.4 Å². The van der Waals surface area contributed by atoms with Gasteiger partial charge in [-0.15, -0.1) is 11.3 Å². The van der Waals surface area contributed by atoms with Gasteiger partial charge in [-0.2, -0.15) is 4.31 Å². The van der Waals surface area contributed by atoms with E-state index in [4.69, 9.17) is 0 Å². The van der Waals surface area contributed by atoms with E-state index in [2.05, 4.69) is 12.2 Å². The quantitative estimate of drug-likeness (QED) is 0.795. The summed E-state index contributed by atoms with van der Waals surface area (Å²) in [5.41, 5.74) is 0. The number of nitrogens with zero attached hydrogens (tertiary/aromatic N) is 1. The van der Waals surface area contributed by atoms with Gasteiger partial charge in [-0.05, 0) is 45.2 Å². The molecule has 0 radical (unpaired) electrons. The fourth-order valence-electron chi connectivity index (χ4n) is 2.82. The summed E-state index contributed by atoms with van der Waals surface area (Å²) in [6.07, 6.45) is 3.44. The monoisotopic (exact) mass is 358 g/mol. The Bertz CT molecular complexity index is 640. The lowest BCUT2D eigenvalue weighted by molar-refractivity contribution is -0.126. The van der Waals surface area contributed by atoms with Gasteiger partial charge in [0.25, 0.3) is 10.0 Å². The normalized spacial score (nSPS) is 22.9. The van der Waals surface area contributed by atoms with E-state index in [1.807, 2.05) is 19.9 Å². The smallest absolute Gasteiger partial charge is 0.252 e. The summed E-state index contributed by atoms with van der Waals surface area (Å²) in [7, 11) is -3.51. The van der Waals surface area contributed by atoms with Crippen LogP contribution in [-0.4, -0.2) is 37.8 Å². The van der Waals surface area contributed by atoms with Crippen LogP contribution in [0.15, 0.2) is 16.3 Å². The van der Waals surface area contributed by atoms with Crippen molar-refractivity contribution < 1.29 is 13.2 Å². The SMILES string of the molecule is CCCCNC(=O)C1CCC(C)N(S(=O)(=O)c2ccc(C)s2)C1. The highest BCUT2D eigenvalue weighted by Crippen LogP contribution is 2.31. The zero-order valence-electron chi connectivity index (χ0n) is 14.0. The van der Waals surface area contributed by atoms with Crippen molar-refractivity contribution in [3.05, 3.63) is 17.0 Å². The molecule has 5 nitrogen and oxygen atoms in total. The largest absolute Gasteiger partial charge is 0.356 e. The average Bonchev–Trinajstić information content (AvgIpc) is 2.95. The lowest BCUT2D eigenvalue weighted by atomic mass is 9.94. The van der Waals surface area contributed by atoms with Crippen molar-refractivity contribution in [3.63, 3.8) is 0 Å². The molecule has 1 saturated heterocycles. The lowest BCUT2D eigenvalue weighted by Gasteiger charge is -2.36. The Morgan fingerprint density at radius 1 is 1.39 bits per heavy atom. The molecule has 1 amide bonds. The second-order valence-corrected chi connectivity index (χ2v) is 9.61. The molecule has 0 spiro atoms. The number of unbranched alkanes of at least 4 members (excludes halogenated alkanes) is 1. The van der Waals surface area contributed by atoms with Gasteiger partial charge in [0, 0.05) is 24.0 Å². The molecule has 1 aromatic rings. The van der Waals surface area contributed by atoms with Gasteiger partial charge in [-0.3, -0.25) is 4.79 Å². The predicted octanol–water partition coefficient (Wildman–Crippen LogP) is 2.76. The van der Waals surface area contributed by atoms with Crippen molar-refractivity contribution in [3.8, 4) is 0 Å². The van der Waals surface area contributed by atoms with E-state index in [9.17, 15) is 13.2 Å². The number of amides is 1. The maximum absolute atomic E-state index is 12.8. The summed E-state index contributed by atoms with van der Waals surface area (Å²) >= 11 is 1.29. The van der Waals surface area contributed by atoms with Gasteiger partial charge in [0.2, 0.25) is 5.91 Å². The molecule has 2 atom stereocenters. The van der Waals surface area contributed by atoms with Crippen LogP contribution in [0.25, 0.3) is 0 Å². The molecule has 1 aromatic heterocycles. The summed E-state index contributed by atoms with van der Waals surface area (Å²) in [5, 5.41) is 2.93. The molecule has 2 rings (SSSR count). The standard InChI is InChI=1S/C16H26N2O3S2/c1-4-5-10-17-16(19)14-8-6-12(2)18(11-14)23(20,21)15-9-7-13(3)22-15/h7,9,12,14H,4-6,8,10-11H2,1-3H3,(H,17,19). The molecule has 0 bridgehead atoms. The van der Waals surface area contributed by atoms with Gasteiger partial charge in [-0.1, -0.05) is 13.3 Å². The van der Waals surface area contributed by atoms with Crippen LogP contribution in [0.5, 0.6) is 0 Å². The summed E-state index contributed by atoms with van der Waals surface area (Å²) < 4.78 is 27.6. The van der Waals surface area contributed by atoms with Crippen LogP contribution < -0.4 is 5.32 Å². The Hall–Kier alpha value is -0.920. The topological polar surface area (TPSA) is 66.5 Å². The van der Waals surface area contributed by atoms with Gasteiger partial charge < -0.3 is 5.32 Å². The third-order valence-electron chi connectivity index (χ3n) is 4.30. The Kier molecular flexibility index (Phi) is 6.22. The minimum atomic E-state index is -3.51.